The van der Waals surface area contributed by atoms with Crippen LogP contribution in [0.3, 0.4) is 0 Å². The molecule has 2 N–H and O–H groups in total. The maximum atomic E-state index is 15.7. The van der Waals surface area contributed by atoms with Crippen molar-refractivity contribution >= 4 is 62.3 Å². The monoisotopic (exact) mass is 624 g/mol. The molecule has 15 heteroatoms. The van der Waals surface area contributed by atoms with E-state index in [0.29, 0.717) is 15.0 Å². The van der Waals surface area contributed by atoms with Crippen molar-refractivity contribution in [3.8, 4) is 5.75 Å². The summed E-state index contributed by atoms with van der Waals surface area (Å²) < 4.78 is 62.1. The van der Waals surface area contributed by atoms with Crippen LogP contribution in [-0.2, 0) is 14.6 Å². The number of fused-ring (bicyclic) bond motifs is 1. The summed E-state index contributed by atoms with van der Waals surface area (Å²) in [7, 11) is -5.79. The van der Waals surface area contributed by atoms with Gasteiger partial charge in [-0.25, -0.2) is 16.8 Å². The first kappa shape index (κ1) is 29.7. The lowest BCUT2D eigenvalue weighted by Gasteiger charge is -2.16. The summed E-state index contributed by atoms with van der Waals surface area (Å²) in [4.78, 5) is 19.5. The number of nitro groups is 1. The van der Waals surface area contributed by atoms with Crippen LogP contribution in [-0.4, -0.2) is 47.7 Å². The van der Waals surface area contributed by atoms with Gasteiger partial charge < -0.3 is 19.9 Å². The van der Waals surface area contributed by atoms with Gasteiger partial charge in [-0.1, -0.05) is 29.8 Å². The molecule has 2 aromatic heterocycles. The standard InChI is InChI=1S/C28H26FN6O6PS/c1-17-9-12-19(13-10-17)43(39,40)34-16-20(29)25-26(30-21-7-5-6-8-24(21)42(3,4)38)32-28(33-27(25)34)31-22-15-18(35(36)37)11-14-23(22)41-2/h5-16H,1-4H3,(H2,30,31,32,33). The molecule has 0 fully saturated rings. The number of hydrogen-bond donors (Lipinski definition) is 2. The number of anilines is 4. The van der Waals surface area contributed by atoms with Gasteiger partial charge in [0.15, 0.2) is 11.5 Å². The highest BCUT2D eigenvalue weighted by atomic mass is 32.2. The Labute approximate surface area is 246 Å². The quantitative estimate of drug-likeness (QED) is 0.117. The first-order chi connectivity index (χ1) is 20.3. The minimum Gasteiger partial charge on any atom is -0.495 e. The van der Waals surface area contributed by atoms with E-state index in [2.05, 4.69) is 20.6 Å². The van der Waals surface area contributed by atoms with Gasteiger partial charge in [-0.15, -0.1) is 0 Å². The molecular formula is C28H26FN6O6PS. The second-order valence-electron chi connectivity index (χ2n) is 9.95. The summed E-state index contributed by atoms with van der Waals surface area (Å²) in [6.07, 6.45) is 0.799. The second-order valence-corrected chi connectivity index (χ2v) is 14.9. The maximum absolute atomic E-state index is 15.7. The Morgan fingerprint density at radius 1 is 1.00 bits per heavy atom. The fourth-order valence-corrected chi connectivity index (χ4v) is 6.87. The Bertz CT molecular complexity index is 2040. The number of nitrogens with zero attached hydrogens (tertiary/aromatic N) is 4. The van der Waals surface area contributed by atoms with Gasteiger partial charge in [-0.3, -0.25) is 10.1 Å². The second kappa shape index (κ2) is 11.1. The Hall–Kier alpha value is -4.81. The van der Waals surface area contributed by atoms with E-state index in [1.807, 2.05) is 0 Å². The van der Waals surface area contributed by atoms with E-state index in [9.17, 15) is 23.1 Å². The maximum Gasteiger partial charge on any atom is 0.271 e. The molecule has 5 rings (SSSR count). The van der Waals surface area contributed by atoms with E-state index in [0.717, 1.165) is 11.8 Å². The summed E-state index contributed by atoms with van der Waals surface area (Å²) in [5.74, 6) is -1.07. The van der Waals surface area contributed by atoms with Crippen LogP contribution in [0.2, 0.25) is 0 Å². The highest BCUT2D eigenvalue weighted by molar-refractivity contribution is 7.90. The Kier molecular flexibility index (Phi) is 7.67. The lowest BCUT2D eigenvalue weighted by Crippen LogP contribution is -2.14. The number of ether oxygens (including phenoxy) is 1. The van der Waals surface area contributed by atoms with Gasteiger partial charge in [-0.2, -0.15) is 9.97 Å². The van der Waals surface area contributed by atoms with Crippen LogP contribution in [0, 0.1) is 22.9 Å². The van der Waals surface area contributed by atoms with Crippen molar-refractivity contribution in [2.45, 2.75) is 11.8 Å². The summed E-state index contributed by atoms with van der Waals surface area (Å²) in [5, 5.41) is 17.5. The summed E-state index contributed by atoms with van der Waals surface area (Å²) in [6, 6.07) is 16.6. The Balaban J connectivity index is 1.75. The number of benzene rings is 3. The molecule has 43 heavy (non-hydrogen) atoms. The largest absolute Gasteiger partial charge is 0.495 e. The zero-order valence-corrected chi connectivity index (χ0v) is 25.1. The Morgan fingerprint density at radius 3 is 2.35 bits per heavy atom. The fraction of sp³-hybridized carbons (Fsp3) is 0.143. The molecule has 3 aromatic carbocycles. The van der Waals surface area contributed by atoms with Gasteiger partial charge in [0.1, 0.15) is 18.7 Å². The summed E-state index contributed by atoms with van der Waals surface area (Å²) in [6.45, 7) is 4.96. The third kappa shape index (κ3) is 5.79. The number of nitro benzene ring substituents is 1. The molecule has 0 amide bonds. The average molecular weight is 625 g/mol. The molecule has 0 aliphatic carbocycles. The molecule has 2 heterocycles. The molecule has 0 aliphatic heterocycles. The molecular weight excluding hydrogens is 598 g/mol. The average Bonchev–Trinajstić information content (AvgIpc) is 3.30. The minimum atomic E-state index is -4.33. The van der Waals surface area contributed by atoms with Crippen molar-refractivity contribution in [2.24, 2.45) is 0 Å². The van der Waals surface area contributed by atoms with E-state index in [1.54, 1.807) is 56.7 Å². The van der Waals surface area contributed by atoms with Crippen molar-refractivity contribution in [1.29, 1.82) is 0 Å². The summed E-state index contributed by atoms with van der Waals surface area (Å²) in [5.41, 5.74) is 0.736. The molecule has 0 saturated carbocycles. The van der Waals surface area contributed by atoms with Crippen LogP contribution in [0.4, 0.5) is 33.2 Å². The molecule has 0 unspecified atom stereocenters. The van der Waals surface area contributed by atoms with Crippen LogP contribution >= 0.6 is 7.14 Å². The van der Waals surface area contributed by atoms with Crippen molar-refractivity contribution in [1.82, 2.24) is 13.9 Å². The van der Waals surface area contributed by atoms with Gasteiger partial charge >= 0.3 is 0 Å². The summed E-state index contributed by atoms with van der Waals surface area (Å²) >= 11 is 0. The van der Waals surface area contributed by atoms with Crippen LogP contribution in [0.1, 0.15) is 5.56 Å². The number of aromatic nitrogens is 3. The van der Waals surface area contributed by atoms with E-state index in [-0.39, 0.29) is 44.8 Å². The van der Waals surface area contributed by atoms with Gasteiger partial charge in [-0.05, 0) is 50.6 Å². The molecule has 0 spiro atoms. The number of rotatable bonds is 9. The lowest BCUT2D eigenvalue weighted by molar-refractivity contribution is -0.384. The zero-order valence-electron chi connectivity index (χ0n) is 23.4. The first-order valence-electron chi connectivity index (χ1n) is 12.7. The van der Waals surface area contributed by atoms with Gasteiger partial charge in [0.25, 0.3) is 15.7 Å². The molecule has 0 saturated heterocycles. The lowest BCUT2D eigenvalue weighted by atomic mass is 10.2. The number of aryl methyl sites for hydroxylation is 1. The van der Waals surface area contributed by atoms with E-state index >= 15 is 4.39 Å². The normalized spacial score (nSPS) is 11.8. The smallest absolute Gasteiger partial charge is 0.271 e. The number of hydrogen-bond acceptors (Lipinski definition) is 10. The van der Waals surface area contributed by atoms with E-state index in [4.69, 9.17) is 4.74 Å². The molecule has 0 radical (unpaired) electrons. The zero-order chi connectivity index (χ0) is 31.1. The van der Waals surface area contributed by atoms with Crippen molar-refractivity contribution in [3.05, 3.63) is 94.4 Å². The van der Waals surface area contributed by atoms with Gasteiger partial charge in [0.05, 0.1) is 39.9 Å². The third-order valence-electron chi connectivity index (χ3n) is 6.52. The molecule has 0 bridgehead atoms. The number of halogens is 1. The van der Waals surface area contributed by atoms with Crippen LogP contribution in [0.5, 0.6) is 5.75 Å². The van der Waals surface area contributed by atoms with E-state index < -0.39 is 27.9 Å². The molecule has 12 nitrogen and oxygen atoms in total. The first-order valence-corrected chi connectivity index (χ1v) is 16.8. The SMILES string of the molecule is COc1ccc([N+](=O)[O-])cc1Nc1nc(Nc2ccccc2P(C)(C)=O)c2c(F)cn(S(=O)(=O)c3ccc(C)cc3)c2n1. The number of para-hydroxylation sites is 1. The highest BCUT2D eigenvalue weighted by Gasteiger charge is 2.27. The van der Waals surface area contributed by atoms with Crippen LogP contribution in [0.25, 0.3) is 11.0 Å². The molecule has 222 valence electrons. The van der Waals surface area contributed by atoms with Crippen molar-refractivity contribution in [3.63, 3.8) is 0 Å². The molecule has 5 aromatic rings. The van der Waals surface area contributed by atoms with Crippen molar-refractivity contribution in [2.75, 3.05) is 31.1 Å². The predicted molar refractivity (Wildman–Crippen MR) is 163 cm³/mol. The van der Waals surface area contributed by atoms with Gasteiger partial charge in [0.2, 0.25) is 5.95 Å². The van der Waals surface area contributed by atoms with Crippen LogP contribution < -0.4 is 20.7 Å². The fourth-order valence-electron chi connectivity index (χ4n) is 4.41. The number of nitrogens with one attached hydrogen (secondary N) is 2. The third-order valence-corrected chi connectivity index (χ3v) is 9.74. The topological polar surface area (TPSA) is 158 Å². The number of non-ortho nitro benzene ring substituents is 1. The Morgan fingerprint density at radius 2 is 1.70 bits per heavy atom. The van der Waals surface area contributed by atoms with E-state index in [1.165, 1.54) is 37.4 Å². The van der Waals surface area contributed by atoms with Crippen LogP contribution in [0.15, 0.2) is 77.8 Å². The molecule has 0 aliphatic rings. The minimum absolute atomic E-state index is 0.0961. The van der Waals surface area contributed by atoms with Gasteiger partial charge in [0, 0.05) is 17.4 Å². The number of methoxy groups -OCH3 is 1. The molecule has 0 atom stereocenters. The van der Waals surface area contributed by atoms with Crippen molar-refractivity contribution < 1.29 is 27.0 Å². The predicted octanol–water partition coefficient (Wildman–Crippen LogP) is 5.77. The highest BCUT2D eigenvalue weighted by Crippen LogP contribution is 2.40.